The van der Waals surface area contributed by atoms with E-state index in [0.29, 0.717) is 12.8 Å². The lowest BCUT2D eigenvalue weighted by Crippen LogP contribution is -2.30. The van der Waals surface area contributed by atoms with E-state index in [1.54, 1.807) is 0 Å². The molecule has 0 spiro atoms. The average molecular weight is 247 g/mol. The van der Waals surface area contributed by atoms with Crippen molar-refractivity contribution >= 4 is 22.8 Å². The van der Waals surface area contributed by atoms with E-state index in [-0.39, 0.29) is 5.24 Å². The van der Waals surface area contributed by atoms with Gasteiger partial charge < -0.3 is 5.11 Å². The van der Waals surface area contributed by atoms with Crippen LogP contribution in [0.1, 0.15) is 51.9 Å². The van der Waals surface area contributed by atoms with E-state index in [1.807, 2.05) is 6.92 Å². The Bertz CT molecular complexity index is 269. The predicted octanol–water partition coefficient (Wildman–Crippen LogP) is 3.20. The van der Waals surface area contributed by atoms with Gasteiger partial charge in [-0.1, -0.05) is 26.2 Å². The lowest BCUT2D eigenvalue weighted by Gasteiger charge is -2.27. The molecule has 1 aliphatic rings. The minimum atomic E-state index is -0.800. The Kier molecular flexibility index (Phi) is 4.78. The first-order valence-electron chi connectivity index (χ1n) is 5.94. The highest BCUT2D eigenvalue weighted by Crippen LogP contribution is 2.45. The molecule has 0 aromatic carbocycles. The van der Waals surface area contributed by atoms with Gasteiger partial charge in [-0.25, -0.2) is 0 Å². The first-order chi connectivity index (χ1) is 7.52. The van der Waals surface area contributed by atoms with E-state index >= 15 is 0 Å². The van der Waals surface area contributed by atoms with Gasteiger partial charge in [-0.15, -0.1) is 0 Å². The average Bonchev–Trinajstić information content (AvgIpc) is 2.67. The minimum absolute atomic E-state index is 0.340. The molecule has 0 amide bonds. The molecule has 3 nitrogen and oxygen atoms in total. The number of halogens is 1. The molecule has 16 heavy (non-hydrogen) atoms. The molecule has 1 saturated carbocycles. The lowest BCUT2D eigenvalue weighted by atomic mass is 9.77. The van der Waals surface area contributed by atoms with Crippen LogP contribution >= 0.6 is 11.6 Å². The second-order valence-corrected chi connectivity index (χ2v) is 5.13. The van der Waals surface area contributed by atoms with Gasteiger partial charge in [0.25, 0.3) is 0 Å². The summed E-state index contributed by atoms with van der Waals surface area (Å²) in [5.74, 6) is -1.23. The maximum Gasteiger partial charge on any atom is 0.306 e. The molecule has 0 radical (unpaired) electrons. The Labute approximate surface area is 101 Å². The Morgan fingerprint density at radius 1 is 1.38 bits per heavy atom. The Morgan fingerprint density at radius 2 is 1.94 bits per heavy atom. The third-order valence-corrected chi connectivity index (χ3v) is 4.00. The minimum Gasteiger partial charge on any atom is -0.481 e. The van der Waals surface area contributed by atoms with Crippen LogP contribution in [0.2, 0.25) is 0 Å². The molecule has 1 atom stereocenters. The molecule has 0 heterocycles. The molecule has 1 unspecified atom stereocenters. The molecule has 1 fully saturated rings. The number of carboxylic acid groups (broad SMARTS) is 1. The smallest absolute Gasteiger partial charge is 0.306 e. The number of carbonyl (C=O) groups is 2. The van der Waals surface area contributed by atoms with E-state index < -0.39 is 17.3 Å². The lowest BCUT2D eigenvalue weighted by molar-refractivity contribution is -0.143. The van der Waals surface area contributed by atoms with Crippen LogP contribution in [0.5, 0.6) is 0 Å². The van der Waals surface area contributed by atoms with E-state index in [9.17, 15) is 9.59 Å². The maximum absolute atomic E-state index is 11.5. The fraction of sp³-hybridized carbons (Fsp3) is 0.833. The first-order valence-corrected chi connectivity index (χ1v) is 6.32. The van der Waals surface area contributed by atoms with Crippen molar-refractivity contribution < 1.29 is 14.7 Å². The molecule has 0 bridgehead atoms. The maximum atomic E-state index is 11.5. The van der Waals surface area contributed by atoms with Crippen LogP contribution in [0.4, 0.5) is 0 Å². The molecule has 92 valence electrons. The van der Waals surface area contributed by atoms with Gasteiger partial charge in [0.15, 0.2) is 0 Å². The monoisotopic (exact) mass is 246 g/mol. The van der Waals surface area contributed by atoms with Crippen molar-refractivity contribution in [3.8, 4) is 0 Å². The van der Waals surface area contributed by atoms with Crippen molar-refractivity contribution in [3.05, 3.63) is 0 Å². The van der Waals surface area contributed by atoms with Crippen LogP contribution in [0, 0.1) is 11.3 Å². The second kappa shape index (κ2) is 5.67. The highest BCUT2D eigenvalue weighted by Gasteiger charge is 2.42. The fourth-order valence-electron chi connectivity index (χ4n) is 2.67. The summed E-state index contributed by atoms with van der Waals surface area (Å²) in [6.07, 6.45) is 5.34. The topological polar surface area (TPSA) is 54.4 Å². The quantitative estimate of drug-likeness (QED) is 0.733. The van der Waals surface area contributed by atoms with Crippen LogP contribution in [-0.4, -0.2) is 16.3 Å². The normalized spacial score (nSPS) is 20.6. The summed E-state index contributed by atoms with van der Waals surface area (Å²) in [5, 5.41) is 8.77. The Morgan fingerprint density at radius 3 is 2.31 bits per heavy atom. The molecule has 0 aliphatic heterocycles. The SMILES string of the molecule is CCCC(CC1(C(=O)Cl)CCCC1)C(=O)O. The van der Waals surface area contributed by atoms with Crippen LogP contribution in [0.15, 0.2) is 0 Å². The summed E-state index contributed by atoms with van der Waals surface area (Å²) in [5.41, 5.74) is -0.556. The van der Waals surface area contributed by atoms with Crippen LogP contribution in [-0.2, 0) is 9.59 Å². The Hall–Kier alpha value is -0.570. The summed E-state index contributed by atoms with van der Waals surface area (Å²) in [6.45, 7) is 1.96. The van der Waals surface area contributed by atoms with Gasteiger partial charge in [-0.3, -0.25) is 9.59 Å². The largest absolute Gasteiger partial charge is 0.481 e. The molecule has 0 aromatic heterocycles. The molecule has 0 saturated heterocycles. The molecule has 1 rings (SSSR count). The molecule has 1 aliphatic carbocycles. The third kappa shape index (κ3) is 2.97. The van der Waals surface area contributed by atoms with E-state index in [0.717, 1.165) is 32.1 Å². The number of aliphatic carboxylic acids is 1. The highest BCUT2D eigenvalue weighted by atomic mass is 35.5. The third-order valence-electron chi connectivity index (χ3n) is 3.60. The molecular weight excluding hydrogens is 228 g/mol. The van der Waals surface area contributed by atoms with Crippen LogP contribution < -0.4 is 0 Å². The standard InChI is InChI=1S/C12H19ClO3/c1-2-5-9(10(14)15)8-12(11(13)16)6-3-4-7-12/h9H,2-8H2,1H3,(H,14,15). The number of carbonyl (C=O) groups excluding carboxylic acids is 1. The van der Waals surface area contributed by atoms with Crippen molar-refractivity contribution in [2.45, 2.75) is 51.9 Å². The summed E-state index contributed by atoms with van der Waals surface area (Å²) < 4.78 is 0. The number of hydrogen-bond donors (Lipinski definition) is 1. The van der Waals surface area contributed by atoms with Crippen LogP contribution in [0.3, 0.4) is 0 Å². The molecule has 0 aromatic rings. The van der Waals surface area contributed by atoms with Crippen molar-refractivity contribution in [1.82, 2.24) is 0 Å². The molecule has 1 N–H and O–H groups in total. The second-order valence-electron chi connectivity index (χ2n) is 4.79. The van der Waals surface area contributed by atoms with Gasteiger partial charge in [-0.2, -0.15) is 0 Å². The highest BCUT2D eigenvalue weighted by molar-refractivity contribution is 6.64. The zero-order valence-electron chi connectivity index (χ0n) is 9.67. The van der Waals surface area contributed by atoms with Crippen molar-refractivity contribution in [2.75, 3.05) is 0 Å². The van der Waals surface area contributed by atoms with Gasteiger partial charge in [0, 0.05) is 5.41 Å². The van der Waals surface area contributed by atoms with Gasteiger partial charge in [0.2, 0.25) is 5.24 Å². The van der Waals surface area contributed by atoms with E-state index in [2.05, 4.69) is 0 Å². The van der Waals surface area contributed by atoms with Gasteiger partial charge in [0.05, 0.1) is 5.92 Å². The molecule has 4 heteroatoms. The summed E-state index contributed by atoms with van der Waals surface area (Å²) in [7, 11) is 0. The van der Waals surface area contributed by atoms with E-state index in [4.69, 9.17) is 16.7 Å². The van der Waals surface area contributed by atoms with Crippen molar-refractivity contribution in [2.24, 2.45) is 11.3 Å². The zero-order valence-corrected chi connectivity index (χ0v) is 10.4. The predicted molar refractivity (Wildman–Crippen MR) is 62.4 cm³/mol. The van der Waals surface area contributed by atoms with Gasteiger partial charge in [0.1, 0.15) is 0 Å². The zero-order chi connectivity index (χ0) is 12.2. The van der Waals surface area contributed by atoms with Gasteiger partial charge >= 0.3 is 5.97 Å². The summed E-state index contributed by atoms with van der Waals surface area (Å²) in [4.78, 5) is 22.6. The first kappa shape index (κ1) is 13.5. The van der Waals surface area contributed by atoms with Crippen molar-refractivity contribution in [1.29, 1.82) is 0 Å². The van der Waals surface area contributed by atoms with Crippen LogP contribution in [0.25, 0.3) is 0 Å². The molecular formula is C12H19ClO3. The number of hydrogen-bond acceptors (Lipinski definition) is 2. The number of carboxylic acids is 1. The van der Waals surface area contributed by atoms with E-state index in [1.165, 1.54) is 0 Å². The summed E-state index contributed by atoms with van der Waals surface area (Å²) in [6, 6.07) is 0. The Balaban J connectivity index is 2.73. The number of rotatable bonds is 6. The van der Waals surface area contributed by atoms with Crippen molar-refractivity contribution in [3.63, 3.8) is 0 Å². The van der Waals surface area contributed by atoms with Gasteiger partial charge in [-0.05, 0) is 37.3 Å². The fourth-order valence-corrected chi connectivity index (χ4v) is 2.93. The summed E-state index contributed by atoms with van der Waals surface area (Å²) >= 11 is 5.66.